The molecule has 0 amide bonds. The maximum atomic E-state index is 13.0. The van der Waals surface area contributed by atoms with Crippen molar-refractivity contribution in [3.8, 4) is 0 Å². The minimum absolute atomic E-state index is 0.339. The van der Waals surface area contributed by atoms with E-state index in [1.807, 2.05) is 24.3 Å². The van der Waals surface area contributed by atoms with Crippen LogP contribution in [0, 0.1) is 5.41 Å². The molecule has 94 valence electrons. The standard InChI is InChI=1S/C14H19FO2/c1-10(15)8-11-6-4-5-7-12(11)9-14(2,3)13(16)17/h4-7,10H,8-9H2,1-3H3,(H,16,17). The largest absolute Gasteiger partial charge is 0.481 e. The van der Waals surface area contributed by atoms with Crippen LogP contribution < -0.4 is 0 Å². The molecule has 2 nitrogen and oxygen atoms in total. The van der Waals surface area contributed by atoms with Gasteiger partial charge in [-0.3, -0.25) is 4.79 Å². The lowest BCUT2D eigenvalue weighted by atomic mass is 9.83. The Morgan fingerprint density at radius 2 is 1.88 bits per heavy atom. The smallest absolute Gasteiger partial charge is 0.309 e. The Hall–Kier alpha value is -1.38. The molecular weight excluding hydrogens is 219 g/mol. The molecule has 0 saturated carbocycles. The van der Waals surface area contributed by atoms with Crippen molar-refractivity contribution >= 4 is 5.97 Å². The van der Waals surface area contributed by atoms with Crippen molar-refractivity contribution in [2.24, 2.45) is 5.41 Å². The zero-order chi connectivity index (χ0) is 13.1. The van der Waals surface area contributed by atoms with E-state index in [4.69, 9.17) is 5.11 Å². The quantitative estimate of drug-likeness (QED) is 0.855. The molecule has 17 heavy (non-hydrogen) atoms. The number of hydrogen-bond acceptors (Lipinski definition) is 1. The molecule has 0 fully saturated rings. The second-order valence-electron chi connectivity index (χ2n) is 5.12. The van der Waals surface area contributed by atoms with Crippen LogP contribution in [0.4, 0.5) is 4.39 Å². The first-order valence-electron chi connectivity index (χ1n) is 5.77. The van der Waals surface area contributed by atoms with E-state index in [-0.39, 0.29) is 0 Å². The van der Waals surface area contributed by atoms with Gasteiger partial charge in [-0.05, 0) is 38.3 Å². The third kappa shape index (κ3) is 3.84. The summed E-state index contributed by atoms with van der Waals surface area (Å²) in [6.45, 7) is 4.88. The Balaban J connectivity index is 2.94. The fraction of sp³-hybridized carbons (Fsp3) is 0.500. The Labute approximate surface area is 101 Å². The van der Waals surface area contributed by atoms with Crippen LogP contribution in [-0.4, -0.2) is 17.2 Å². The van der Waals surface area contributed by atoms with Crippen molar-refractivity contribution < 1.29 is 14.3 Å². The van der Waals surface area contributed by atoms with Gasteiger partial charge in [0.25, 0.3) is 0 Å². The predicted octanol–water partition coefficient (Wildman–Crippen LogP) is 3.24. The van der Waals surface area contributed by atoms with E-state index < -0.39 is 17.6 Å². The van der Waals surface area contributed by atoms with Gasteiger partial charge in [-0.2, -0.15) is 0 Å². The SMILES string of the molecule is CC(F)Cc1ccccc1CC(C)(C)C(=O)O. The third-order valence-corrected chi connectivity index (χ3v) is 2.83. The van der Waals surface area contributed by atoms with Gasteiger partial charge in [0.15, 0.2) is 0 Å². The van der Waals surface area contributed by atoms with Crippen LogP contribution in [0.2, 0.25) is 0 Å². The number of carboxylic acid groups (broad SMARTS) is 1. The van der Waals surface area contributed by atoms with Gasteiger partial charge in [0.05, 0.1) is 5.41 Å². The second-order valence-corrected chi connectivity index (χ2v) is 5.12. The van der Waals surface area contributed by atoms with Crippen molar-refractivity contribution in [2.75, 3.05) is 0 Å². The molecule has 0 aromatic heterocycles. The van der Waals surface area contributed by atoms with E-state index in [9.17, 15) is 9.18 Å². The van der Waals surface area contributed by atoms with Crippen molar-refractivity contribution in [2.45, 2.75) is 39.8 Å². The van der Waals surface area contributed by atoms with Gasteiger partial charge in [-0.1, -0.05) is 24.3 Å². The van der Waals surface area contributed by atoms with Crippen molar-refractivity contribution in [3.63, 3.8) is 0 Å². The van der Waals surface area contributed by atoms with Crippen LogP contribution in [0.15, 0.2) is 24.3 Å². The van der Waals surface area contributed by atoms with E-state index in [2.05, 4.69) is 0 Å². The summed E-state index contributed by atoms with van der Waals surface area (Å²) >= 11 is 0. The molecule has 1 unspecified atom stereocenters. The van der Waals surface area contributed by atoms with Crippen LogP contribution >= 0.6 is 0 Å². The minimum Gasteiger partial charge on any atom is -0.481 e. The molecule has 0 heterocycles. The van der Waals surface area contributed by atoms with E-state index >= 15 is 0 Å². The fourth-order valence-electron chi connectivity index (χ4n) is 1.78. The molecule has 0 spiro atoms. The van der Waals surface area contributed by atoms with Crippen molar-refractivity contribution in [1.82, 2.24) is 0 Å². The molecule has 3 heteroatoms. The highest BCUT2D eigenvalue weighted by Gasteiger charge is 2.28. The molecule has 0 bridgehead atoms. The van der Waals surface area contributed by atoms with E-state index in [0.29, 0.717) is 12.8 Å². The highest BCUT2D eigenvalue weighted by Crippen LogP contribution is 2.25. The summed E-state index contributed by atoms with van der Waals surface area (Å²) in [5, 5.41) is 9.10. The Bertz CT molecular complexity index is 397. The number of halogens is 1. The number of rotatable bonds is 5. The van der Waals surface area contributed by atoms with Gasteiger partial charge in [0.2, 0.25) is 0 Å². The summed E-state index contributed by atoms with van der Waals surface area (Å²) in [4.78, 5) is 11.1. The monoisotopic (exact) mass is 238 g/mol. The number of carbonyl (C=O) groups is 1. The molecule has 1 N–H and O–H groups in total. The first-order valence-corrected chi connectivity index (χ1v) is 5.77. The van der Waals surface area contributed by atoms with E-state index in [1.165, 1.54) is 6.92 Å². The van der Waals surface area contributed by atoms with Gasteiger partial charge < -0.3 is 5.11 Å². The van der Waals surface area contributed by atoms with Crippen LogP contribution in [0.25, 0.3) is 0 Å². The first-order chi connectivity index (χ1) is 7.83. The summed E-state index contributed by atoms with van der Waals surface area (Å²) in [6, 6.07) is 7.46. The lowest BCUT2D eigenvalue weighted by Crippen LogP contribution is -2.26. The fourth-order valence-corrected chi connectivity index (χ4v) is 1.78. The second kappa shape index (κ2) is 5.30. The molecule has 1 rings (SSSR count). The average molecular weight is 238 g/mol. The Morgan fingerprint density at radius 3 is 2.35 bits per heavy atom. The van der Waals surface area contributed by atoms with Crippen LogP contribution in [-0.2, 0) is 17.6 Å². The van der Waals surface area contributed by atoms with Gasteiger partial charge in [-0.15, -0.1) is 0 Å². The molecular formula is C14H19FO2. The van der Waals surface area contributed by atoms with Crippen LogP contribution in [0.5, 0.6) is 0 Å². The molecule has 1 aromatic rings. The molecule has 1 aromatic carbocycles. The Kier molecular flexibility index (Phi) is 4.27. The highest BCUT2D eigenvalue weighted by molar-refractivity contribution is 5.74. The van der Waals surface area contributed by atoms with Crippen molar-refractivity contribution in [3.05, 3.63) is 35.4 Å². The maximum absolute atomic E-state index is 13.0. The molecule has 0 aliphatic rings. The summed E-state index contributed by atoms with van der Waals surface area (Å²) in [5.74, 6) is -0.833. The number of hydrogen-bond donors (Lipinski definition) is 1. The molecule has 0 saturated heterocycles. The van der Waals surface area contributed by atoms with Gasteiger partial charge >= 0.3 is 5.97 Å². The number of carboxylic acids is 1. The van der Waals surface area contributed by atoms with Gasteiger partial charge in [-0.25, -0.2) is 4.39 Å². The minimum atomic E-state index is -0.913. The molecule has 1 atom stereocenters. The number of aliphatic carboxylic acids is 1. The van der Waals surface area contributed by atoms with Gasteiger partial charge in [0.1, 0.15) is 6.17 Å². The molecule has 0 radical (unpaired) electrons. The zero-order valence-corrected chi connectivity index (χ0v) is 10.5. The maximum Gasteiger partial charge on any atom is 0.309 e. The lowest BCUT2D eigenvalue weighted by Gasteiger charge is -2.21. The lowest BCUT2D eigenvalue weighted by molar-refractivity contribution is -0.146. The first kappa shape index (κ1) is 13.7. The van der Waals surface area contributed by atoms with Crippen molar-refractivity contribution in [1.29, 1.82) is 0 Å². The summed E-state index contributed by atoms with van der Waals surface area (Å²) in [6.07, 6.45) is -0.152. The number of benzene rings is 1. The van der Waals surface area contributed by atoms with Gasteiger partial charge in [0, 0.05) is 6.42 Å². The van der Waals surface area contributed by atoms with Crippen LogP contribution in [0.3, 0.4) is 0 Å². The third-order valence-electron chi connectivity index (χ3n) is 2.83. The van der Waals surface area contributed by atoms with Crippen LogP contribution in [0.1, 0.15) is 31.9 Å². The highest BCUT2D eigenvalue weighted by atomic mass is 19.1. The summed E-state index contributed by atoms with van der Waals surface area (Å²) < 4.78 is 13.0. The summed E-state index contributed by atoms with van der Waals surface area (Å²) in [5.41, 5.74) is 0.997. The predicted molar refractivity (Wildman–Crippen MR) is 65.8 cm³/mol. The molecule has 0 aliphatic carbocycles. The normalized spacial score (nSPS) is 13.4. The zero-order valence-electron chi connectivity index (χ0n) is 10.5. The van der Waals surface area contributed by atoms with E-state index in [1.54, 1.807) is 13.8 Å². The Morgan fingerprint density at radius 1 is 1.35 bits per heavy atom. The van der Waals surface area contributed by atoms with E-state index in [0.717, 1.165) is 11.1 Å². The number of alkyl halides is 1. The molecule has 0 aliphatic heterocycles. The summed E-state index contributed by atoms with van der Waals surface area (Å²) in [7, 11) is 0. The topological polar surface area (TPSA) is 37.3 Å². The average Bonchev–Trinajstić information content (AvgIpc) is 2.19.